The van der Waals surface area contributed by atoms with Crippen LogP contribution in [0.1, 0.15) is 22.9 Å². The van der Waals surface area contributed by atoms with Gasteiger partial charge in [0.15, 0.2) is 17.5 Å². The van der Waals surface area contributed by atoms with Gasteiger partial charge in [-0.1, -0.05) is 6.07 Å². The van der Waals surface area contributed by atoms with E-state index >= 15 is 0 Å². The normalized spacial score (nSPS) is 19.1. The molecule has 5 nitrogen and oxygen atoms in total. The topological polar surface area (TPSA) is 72.8 Å². The first-order valence-corrected chi connectivity index (χ1v) is 7.41. The monoisotopic (exact) mass is 349 g/mol. The molecule has 0 unspecified atom stereocenters. The molecule has 24 heavy (non-hydrogen) atoms. The summed E-state index contributed by atoms with van der Waals surface area (Å²) in [5.74, 6) is 0.781. The molecule has 1 aliphatic carbocycles. The summed E-state index contributed by atoms with van der Waals surface area (Å²) in [6.45, 7) is 1.83. The lowest BCUT2D eigenvalue weighted by molar-refractivity contribution is 0.0502. The number of aryl methyl sites for hydroxylation is 1. The molecule has 0 radical (unpaired) electrons. The van der Waals surface area contributed by atoms with Gasteiger partial charge in [-0.15, -0.1) is 12.4 Å². The number of anilines is 1. The second kappa shape index (κ2) is 5.96. The number of pyridine rings is 1. The smallest absolute Gasteiger partial charge is 0.181 e. The van der Waals surface area contributed by atoms with Crippen LogP contribution in [0.2, 0.25) is 0 Å². The van der Waals surface area contributed by atoms with E-state index in [4.69, 9.17) is 10.5 Å². The Bertz CT molecular complexity index is 912. The highest BCUT2D eigenvalue weighted by Gasteiger charge is 2.33. The number of rotatable bonds is 2. The van der Waals surface area contributed by atoms with Gasteiger partial charge in [0.25, 0.3) is 0 Å². The number of nitrogens with zero attached hydrogens (tertiary/aromatic N) is 2. The summed E-state index contributed by atoms with van der Waals surface area (Å²) in [4.78, 5) is 4.42. The minimum absolute atomic E-state index is 0. The molecule has 1 aromatic carbocycles. The van der Waals surface area contributed by atoms with Crippen molar-refractivity contribution in [1.29, 1.82) is 0 Å². The van der Waals surface area contributed by atoms with Crippen molar-refractivity contribution in [2.45, 2.75) is 25.6 Å². The highest BCUT2D eigenvalue weighted by Crippen LogP contribution is 2.37. The third-order valence-electron chi connectivity index (χ3n) is 4.28. The molecule has 0 fully saturated rings. The molecule has 2 heterocycles. The molecule has 3 N–H and O–H groups in total. The Balaban J connectivity index is 0.00000169. The van der Waals surface area contributed by atoms with E-state index in [1.165, 1.54) is 12.1 Å². The molecule has 126 valence electrons. The van der Waals surface area contributed by atoms with Gasteiger partial charge in [0.2, 0.25) is 0 Å². The fraction of sp³-hybridized carbons (Fsp3) is 0.235. The molecule has 0 saturated heterocycles. The highest BCUT2D eigenvalue weighted by molar-refractivity contribution is 5.85. The molecular formula is C17H17ClFN3O2. The Morgan fingerprint density at radius 2 is 2.17 bits per heavy atom. The third kappa shape index (κ3) is 2.48. The number of imidazole rings is 1. The maximum absolute atomic E-state index is 13.3. The van der Waals surface area contributed by atoms with Crippen molar-refractivity contribution in [3.8, 4) is 5.75 Å². The predicted molar refractivity (Wildman–Crippen MR) is 91.1 cm³/mol. The number of ether oxygens (including phenoxy) is 1. The lowest BCUT2D eigenvalue weighted by Crippen LogP contribution is -2.19. The number of hydrogen-bond donors (Lipinski definition) is 2. The lowest BCUT2D eigenvalue weighted by atomic mass is 10.1. The lowest BCUT2D eigenvalue weighted by Gasteiger charge is -2.18. The maximum Gasteiger partial charge on any atom is 0.181 e. The second-order valence-corrected chi connectivity index (χ2v) is 5.80. The molecule has 3 aromatic rings. The number of aliphatic hydroxyl groups is 1. The van der Waals surface area contributed by atoms with Crippen LogP contribution >= 0.6 is 12.4 Å². The number of fused-ring (bicyclic) bond motifs is 2. The summed E-state index contributed by atoms with van der Waals surface area (Å²) >= 11 is 0. The standard InChI is InChI=1S/C17H16FN3O2.ClH/c1-9-16(19)21-6-2-3-14(17(21)20-9)23-15-12-5-4-11(18)7-10(12)8-13(15)22;/h2-7,13,15,22H,8,19H2,1H3;1H/t13-,15-;/m1./s1. The van der Waals surface area contributed by atoms with Gasteiger partial charge in [0, 0.05) is 12.6 Å². The summed E-state index contributed by atoms with van der Waals surface area (Å²) in [6.07, 6.45) is 0.915. The number of nitrogens with two attached hydrogens (primary N) is 1. The van der Waals surface area contributed by atoms with Crippen molar-refractivity contribution in [2.75, 3.05) is 5.73 Å². The quantitative estimate of drug-likeness (QED) is 0.746. The van der Waals surface area contributed by atoms with Gasteiger partial charge in [-0.25, -0.2) is 9.37 Å². The van der Waals surface area contributed by atoms with Gasteiger partial charge in [0.05, 0.1) is 11.8 Å². The molecule has 1 aliphatic rings. The van der Waals surface area contributed by atoms with Crippen LogP contribution in [0.15, 0.2) is 36.5 Å². The summed E-state index contributed by atoms with van der Waals surface area (Å²) in [7, 11) is 0. The van der Waals surface area contributed by atoms with Crippen molar-refractivity contribution in [3.63, 3.8) is 0 Å². The van der Waals surface area contributed by atoms with Crippen molar-refractivity contribution in [2.24, 2.45) is 0 Å². The van der Waals surface area contributed by atoms with Crippen LogP contribution in [0.25, 0.3) is 5.65 Å². The average Bonchev–Trinajstić information content (AvgIpc) is 2.98. The number of nitrogen functional groups attached to an aromatic ring is 1. The maximum atomic E-state index is 13.3. The first kappa shape index (κ1) is 16.5. The van der Waals surface area contributed by atoms with Gasteiger partial charge in [0.1, 0.15) is 11.6 Å². The van der Waals surface area contributed by atoms with Crippen LogP contribution < -0.4 is 10.5 Å². The largest absolute Gasteiger partial charge is 0.479 e. The minimum Gasteiger partial charge on any atom is -0.479 e. The fourth-order valence-electron chi connectivity index (χ4n) is 3.11. The molecule has 7 heteroatoms. The van der Waals surface area contributed by atoms with Crippen molar-refractivity contribution >= 4 is 23.9 Å². The molecule has 0 aliphatic heterocycles. The zero-order chi connectivity index (χ0) is 16.1. The Labute approximate surface area is 144 Å². The molecule has 2 atom stereocenters. The van der Waals surface area contributed by atoms with Gasteiger partial charge in [-0.2, -0.15) is 0 Å². The summed E-state index contributed by atoms with van der Waals surface area (Å²) < 4.78 is 21.1. The van der Waals surface area contributed by atoms with Crippen molar-refractivity contribution in [1.82, 2.24) is 9.38 Å². The van der Waals surface area contributed by atoms with Crippen molar-refractivity contribution < 1.29 is 14.2 Å². The van der Waals surface area contributed by atoms with Crippen LogP contribution in [0.5, 0.6) is 5.75 Å². The van der Waals surface area contributed by atoms with Gasteiger partial charge in [-0.3, -0.25) is 4.40 Å². The predicted octanol–water partition coefficient (Wildman–Crippen LogP) is 2.82. The molecule has 0 saturated carbocycles. The van der Waals surface area contributed by atoms with E-state index in [0.29, 0.717) is 23.6 Å². The molecule has 0 spiro atoms. The van der Waals surface area contributed by atoms with Crippen LogP contribution in [-0.4, -0.2) is 20.6 Å². The zero-order valence-electron chi connectivity index (χ0n) is 12.9. The van der Waals surface area contributed by atoms with Crippen LogP contribution in [-0.2, 0) is 6.42 Å². The van der Waals surface area contributed by atoms with Crippen molar-refractivity contribution in [3.05, 3.63) is 59.2 Å². The Hall–Kier alpha value is -2.31. The number of aromatic nitrogens is 2. The average molecular weight is 350 g/mol. The molecule has 2 aromatic heterocycles. The van der Waals surface area contributed by atoms with E-state index in [-0.39, 0.29) is 18.2 Å². The Morgan fingerprint density at radius 3 is 2.96 bits per heavy atom. The molecule has 0 amide bonds. The van der Waals surface area contributed by atoms with Crippen LogP contribution in [0, 0.1) is 12.7 Å². The summed E-state index contributed by atoms with van der Waals surface area (Å²) in [5, 5.41) is 10.3. The number of hydrogen-bond acceptors (Lipinski definition) is 4. The van der Waals surface area contributed by atoms with Crippen LogP contribution in [0.4, 0.5) is 10.2 Å². The number of benzene rings is 1. The Kier molecular flexibility index (Phi) is 4.11. The van der Waals surface area contributed by atoms with Gasteiger partial charge >= 0.3 is 0 Å². The molecule has 4 rings (SSSR count). The van der Waals surface area contributed by atoms with E-state index in [9.17, 15) is 9.50 Å². The first-order valence-electron chi connectivity index (χ1n) is 7.41. The van der Waals surface area contributed by atoms with E-state index < -0.39 is 12.2 Å². The van der Waals surface area contributed by atoms with E-state index in [0.717, 1.165) is 16.8 Å². The van der Waals surface area contributed by atoms with Gasteiger partial charge < -0.3 is 15.6 Å². The Morgan fingerprint density at radius 1 is 1.38 bits per heavy atom. The first-order chi connectivity index (χ1) is 11.0. The summed E-state index contributed by atoms with van der Waals surface area (Å²) in [5.41, 5.74) is 8.88. The molecule has 0 bridgehead atoms. The number of halogens is 2. The number of aliphatic hydroxyl groups excluding tert-OH is 1. The highest BCUT2D eigenvalue weighted by atomic mass is 35.5. The minimum atomic E-state index is -0.722. The van der Waals surface area contributed by atoms with Crippen LogP contribution in [0.3, 0.4) is 0 Å². The van der Waals surface area contributed by atoms with E-state index in [1.807, 2.05) is 19.2 Å². The second-order valence-electron chi connectivity index (χ2n) is 5.80. The van der Waals surface area contributed by atoms with Gasteiger partial charge in [-0.05, 0) is 42.3 Å². The van der Waals surface area contributed by atoms with E-state index in [2.05, 4.69) is 4.98 Å². The SMILES string of the molecule is Cc1nc2c(O[C@@H]3c4ccc(F)cc4C[C@H]3O)cccn2c1N.Cl. The zero-order valence-corrected chi connectivity index (χ0v) is 13.8. The third-order valence-corrected chi connectivity index (χ3v) is 4.28. The molecular weight excluding hydrogens is 333 g/mol. The summed E-state index contributed by atoms with van der Waals surface area (Å²) in [6, 6.07) is 8.09. The van der Waals surface area contributed by atoms with E-state index in [1.54, 1.807) is 16.5 Å². The fourth-order valence-corrected chi connectivity index (χ4v) is 3.11.